The molecule has 0 aliphatic heterocycles. The van der Waals surface area contributed by atoms with Crippen molar-refractivity contribution < 1.29 is 35.1 Å². The Morgan fingerprint density at radius 2 is 1.04 bits per heavy atom. The summed E-state index contributed by atoms with van der Waals surface area (Å²) in [5, 5.41) is 0. The van der Waals surface area contributed by atoms with Crippen molar-refractivity contribution in [3.05, 3.63) is 0 Å². The average molecular weight is 356 g/mol. The fourth-order valence-electron chi connectivity index (χ4n) is 2.32. The molecule has 0 saturated heterocycles. The predicted octanol–water partition coefficient (Wildman–Crippen LogP) is 6.79. The zero-order valence-electron chi connectivity index (χ0n) is 14.1. The first-order chi connectivity index (χ1) is 9.83. The van der Waals surface area contributed by atoms with E-state index in [-0.39, 0.29) is 6.42 Å². The molecular weight excluding hydrogens is 332 g/mol. The van der Waals surface area contributed by atoms with Gasteiger partial charge in [-0.25, -0.2) is 4.39 Å². The van der Waals surface area contributed by atoms with Gasteiger partial charge in [0.15, 0.2) is 0 Å². The molecule has 1 atom stereocenters. The van der Waals surface area contributed by atoms with Crippen LogP contribution in [0.5, 0.6) is 0 Å². The van der Waals surface area contributed by atoms with Gasteiger partial charge in [-0.2, -0.15) is 30.7 Å². The van der Waals surface area contributed by atoms with Crippen LogP contribution >= 0.6 is 0 Å². The minimum absolute atomic E-state index is 0.0289. The van der Waals surface area contributed by atoms with Crippen molar-refractivity contribution in [1.29, 1.82) is 0 Å². The van der Waals surface area contributed by atoms with Crippen molar-refractivity contribution in [1.82, 2.24) is 0 Å². The summed E-state index contributed by atoms with van der Waals surface area (Å²) in [7, 11) is 0. The molecule has 0 radical (unpaired) electrons. The van der Waals surface area contributed by atoms with Crippen molar-refractivity contribution in [2.24, 2.45) is 10.8 Å². The van der Waals surface area contributed by atoms with Crippen LogP contribution in [0.3, 0.4) is 0 Å². The number of rotatable bonds is 7. The Kier molecular flexibility index (Phi) is 5.91. The molecule has 0 aromatic carbocycles. The molecule has 0 aromatic rings. The van der Waals surface area contributed by atoms with E-state index < -0.39 is 47.4 Å². The first-order valence-electron chi connectivity index (χ1n) is 7.34. The zero-order chi connectivity index (χ0) is 19.1. The van der Waals surface area contributed by atoms with Gasteiger partial charge in [0, 0.05) is 11.8 Å². The van der Waals surface area contributed by atoms with Gasteiger partial charge >= 0.3 is 18.0 Å². The molecule has 0 bridgehead atoms. The SMILES string of the molecule is CCC(C)(C)CC(F)(F)C(F)(F)C(F)(C(F)(F)F)C(C)(C)CC. The van der Waals surface area contributed by atoms with Crippen molar-refractivity contribution >= 4 is 0 Å². The Morgan fingerprint density at radius 3 is 1.30 bits per heavy atom. The second kappa shape index (κ2) is 6.06. The van der Waals surface area contributed by atoms with Crippen LogP contribution in [0.2, 0.25) is 0 Å². The zero-order valence-corrected chi connectivity index (χ0v) is 14.1. The first-order valence-corrected chi connectivity index (χ1v) is 7.34. The van der Waals surface area contributed by atoms with Crippen LogP contribution in [-0.2, 0) is 0 Å². The van der Waals surface area contributed by atoms with Crippen LogP contribution in [0.1, 0.15) is 60.8 Å². The molecule has 0 aliphatic rings. The van der Waals surface area contributed by atoms with Crippen LogP contribution in [0.4, 0.5) is 35.1 Å². The van der Waals surface area contributed by atoms with Crippen molar-refractivity contribution in [3.8, 4) is 0 Å². The fraction of sp³-hybridized carbons (Fsp3) is 1.00. The maximum Gasteiger partial charge on any atom is 0.429 e. The van der Waals surface area contributed by atoms with Crippen LogP contribution < -0.4 is 0 Å². The second-order valence-electron chi connectivity index (χ2n) is 7.37. The van der Waals surface area contributed by atoms with Gasteiger partial charge in [-0.15, -0.1) is 0 Å². The minimum atomic E-state index is -6.14. The third-order valence-corrected chi connectivity index (χ3v) is 4.76. The average Bonchev–Trinajstić information content (AvgIpc) is 2.34. The van der Waals surface area contributed by atoms with E-state index in [1.54, 1.807) is 0 Å². The fourth-order valence-corrected chi connectivity index (χ4v) is 2.32. The third kappa shape index (κ3) is 3.60. The Balaban J connectivity index is 6.27. The Hall–Kier alpha value is -0.560. The highest BCUT2D eigenvalue weighted by Crippen LogP contribution is 2.62. The van der Waals surface area contributed by atoms with E-state index >= 15 is 0 Å². The van der Waals surface area contributed by atoms with Crippen LogP contribution in [0, 0.1) is 10.8 Å². The molecule has 140 valence electrons. The highest BCUT2D eigenvalue weighted by Gasteiger charge is 2.83. The van der Waals surface area contributed by atoms with E-state index in [0.717, 1.165) is 6.92 Å². The lowest BCUT2D eigenvalue weighted by molar-refractivity contribution is -0.384. The lowest BCUT2D eigenvalue weighted by Gasteiger charge is -2.48. The summed E-state index contributed by atoms with van der Waals surface area (Å²) in [4.78, 5) is 0. The Labute approximate surface area is 131 Å². The summed E-state index contributed by atoms with van der Waals surface area (Å²) >= 11 is 0. The van der Waals surface area contributed by atoms with Gasteiger partial charge in [0.2, 0.25) is 0 Å². The van der Waals surface area contributed by atoms with E-state index in [9.17, 15) is 35.1 Å². The minimum Gasteiger partial charge on any atom is -0.226 e. The summed E-state index contributed by atoms with van der Waals surface area (Å²) < 4.78 is 111. The summed E-state index contributed by atoms with van der Waals surface area (Å²) in [6.07, 6.45) is -8.35. The van der Waals surface area contributed by atoms with Crippen molar-refractivity contribution in [3.63, 3.8) is 0 Å². The second-order valence-corrected chi connectivity index (χ2v) is 7.37. The number of hydrogen-bond acceptors (Lipinski definition) is 0. The summed E-state index contributed by atoms with van der Waals surface area (Å²) in [5.41, 5.74) is -9.45. The molecule has 0 amide bonds. The van der Waals surface area contributed by atoms with E-state index in [1.807, 2.05) is 0 Å². The maximum atomic E-state index is 14.7. The summed E-state index contributed by atoms with van der Waals surface area (Å²) in [6.45, 7) is 6.08. The summed E-state index contributed by atoms with van der Waals surface area (Å²) in [6, 6.07) is 0. The standard InChI is InChI=1S/C15H24F8/c1-7-10(3,4)9-12(16,17)14(19,20)13(18,15(21,22)23)11(5,6)8-2/h7-9H2,1-6H3. The molecule has 0 rings (SSSR count). The maximum absolute atomic E-state index is 14.7. The van der Waals surface area contributed by atoms with Gasteiger partial charge in [-0.05, 0) is 11.8 Å². The number of hydrogen-bond donors (Lipinski definition) is 0. The van der Waals surface area contributed by atoms with E-state index in [2.05, 4.69) is 0 Å². The van der Waals surface area contributed by atoms with Gasteiger partial charge < -0.3 is 0 Å². The normalized spacial score (nSPS) is 18.0. The smallest absolute Gasteiger partial charge is 0.226 e. The molecule has 0 fully saturated rings. The van der Waals surface area contributed by atoms with Crippen LogP contribution in [0.15, 0.2) is 0 Å². The van der Waals surface area contributed by atoms with E-state index in [1.165, 1.54) is 20.8 Å². The molecule has 0 spiro atoms. The third-order valence-electron chi connectivity index (χ3n) is 4.76. The molecule has 0 saturated carbocycles. The molecular formula is C15H24F8. The quantitative estimate of drug-likeness (QED) is 0.441. The monoisotopic (exact) mass is 356 g/mol. The molecule has 1 unspecified atom stereocenters. The van der Waals surface area contributed by atoms with Gasteiger partial charge in [-0.1, -0.05) is 48.0 Å². The largest absolute Gasteiger partial charge is 0.429 e. The molecule has 8 heteroatoms. The van der Waals surface area contributed by atoms with Crippen LogP contribution in [0.25, 0.3) is 0 Å². The van der Waals surface area contributed by atoms with Crippen LogP contribution in [-0.4, -0.2) is 23.7 Å². The van der Waals surface area contributed by atoms with Crippen molar-refractivity contribution in [2.75, 3.05) is 0 Å². The molecule has 23 heavy (non-hydrogen) atoms. The Morgan fingerprint density at radius 1 is 0.652 bits per heavy atom. The topological polar surface area (TPSA) is 0 Å². The number of halogens is 8. The first kappa shape index (κ1) is 22.4. The summed E-state index contributed by atoms with van der Waals surface area (Å²) in [5.74, 6) is -11.0. The van der Waals surface area contributed by atoms with Gasteiger partial charge in [-0.3, -0.25) is 0 Å². The molecule has 0 N–H and O–H groups in total. The number of alkyl halides is 8. The predicted molar refractivity (Wildman–Crippen MR) is 72.5 cm³/mol. The van der Waals surface area contributed by atoms with E-state index in [4.69, 9.17) is 0 Å². The molecule has 0 nitrogen and oxygen atoms in total. The highest BCUT2D eigenvalue weighted by molar-refractivity contribution is 5.13. The molecule has 0 aromatic heterocycles. The van der Waals surface area contributed by atoms with Crippen molar-refractivity contribution in [2.45, 2.75) is 84.5 Å². The van der Waals surface area contributed by atoms with E-state index in [0.29, 0.717) is 13.8 Å². The Bertz CT molecular complexity index is 408. The molecule has 0 heterocycles. The molecule has 0 aliphatic carbocycles. The lowest BCUT2D eigenvalue weighted by atomic mass is 9.67. The highest BCUT2D eigenvalue weighted by atomic mass is 19.4. The van der Waals surface area contributed by atoms with Gasteiger partial charge in [0.1, 0.15) is 0 Å². The van der Waals surface area contributed by atoms with Gasteiger partial charge in [0.05, 0.1) is 0 Å². The van der Waals surface area contributed by atoms with Gasteiger partial charge in [0.25, 0.3) is 5.67 Å². The lowest BCUT2D eigenvalue weighted by Crippen LogP contribution is -2.69.